The molecule has 0 spiro atoms. The number of unbranched alkanes of at least 4 members (excludes halogenated alkanes) is 1. The van der Waals surface area contributed by atoms with Crippen molar-refractivity contribution in [1.82, 2.24) is 5.32 Å². The number of hydrogen-bond donors (Lipinski definition) is 2. The topological polar surface area (TPSA) is 140 Å². The van der Waals surface area contributed by atoms with E-state index < -0.39 is 12.0 Å². The van der Waals surface area contributed by atoms with Crippen LogP contribution in [-0.2, 0) is 49.2 Å². The van der Waals surface area contributed by atoms with E-state index in [4.69, 9.17) is 21.1 Å². The van der Waals surface area contributed by atoms with Crippen molar-refractivity contribution < 1.29 is 38.2 Å². The van der Waals surface area contributed by atoms with Crippen LogP contribution in [-0.4, -0.2) is 55.8 Å². The summed E-state index contributed by atoms with van der Waals surface area (Å²) in [6.45, 7) is 3.39. The van der Waals surface area contributed by atoms with Crippen molar-refractivity contribution in [2.24, 2.45) is 5.92 Å². The molecule has 276 valence electrons. The monoisotopic (exact) mass is 731 g/mol. The van der Waals surface area contributed by atoms with Crippen molar-refractivity contribution in [3.8, 4) is 11.5 Å². The summed E-state index contributed by atoms with van der Waals surface area (Å²) in [5, 5.41) is 5.57. The van der Waals surface area contributed by atoms with Crippen LogP contribution in [0.3, 0.4) is 0 Å². The van der Waals surface area contributed by atoms with E-state index in [1.807, 2.05) is 35.2 Å². The molecule has 3 aromatic carbocycles. The van der Waals surface area contributed by atoms with Gasteiger partial charge in [0.2, 0.25) is 11.8 Å². The normalized spacial score (nSPS) is 15.7. The van der Waals surface area contributed by atoms with Crippen molar-refractivity contribution in [3.05, 3.63) is 82.4 Å². The van der Waals surface area contributed by atoms with Gasteiger partial charge in [-0.25, -0.2) is 0 Å². The Bertz CT molecular complexity index is 1830. The highest BCUT2D eigenvalue weighted by Gasteiger charge is 2.37. The Morgan fingerprint density at radius 1 is 0.942 bits per heavy atom. The minimum Gasteiger partial charge on any atom is -0.493 e. The Hall–Kier alpha value is -4.90. The maximum atomic E-state index is 13.8. The van der Waals surface area contributed by atoms with E-state index in [1.165, 1.54) is 12.7 Å². The summed E-state index contributed by atoms with van der Waals surface area (Å²) in [6, 6.07) is 16.5. The molecule has 2 N–H and O–H groups in total. The molecule has 12 heteroatoms. The number of aryl methyl sites for hydroxylation is 1. The molecule has 5 rings (SSSR count). The van der Waals surface area contributed by atoms with Crippen LogP contribution in [0, 0.1) is 5.92 Å². The third-order valence-electron chi connectivity index (χ3n) is 9.60. The molecule has 2 aliphatic heterocycles. The molecule has 0 unspecified atom stereocenters. The number of esters is 1. The van der Waals surface area contributed by atoms with Gasteiger partial charge in [-0.2, -0.15) is 0 Å². The first-order valence-corrected chi connectivity index (χ1v) is 18.2. The summed E-state index contributed by atoms with van der Waals surface area (Å²) in [4.78, 5) is 65.2. The van der Waals surface area contributed by atoms with Crippen LogP contribution in [0.5, 0.6) is 11.5 Å². The Morgan fingerprint density at radius 3 is 2.44 bits per heavy atom. The van der Waals surface area contributed by atoms with Gasteiger partial charge >= 0.3 is 5.97 Å². The molecule has 0 saturated carbocycles. The second kappa shape index (κ2) is 17.5. The maximum Gasteiger partial charge on any atom is 0.305 e. The van der Waals surface area contributed by atoms with Gasteiger partial charge in [0.1, 0.15) is 6.61 Å². The van der Waals surface area contributed by atoms with Gasteiger partial charge in [-0.15, -0.1) is 11.6 Å². The van der Waals surface area contributed by atoms with Crippen molar-refractivity contribution in [2.45, 2.75) is 89.8 Å². The number of halogens is 1. The molecule has 3 atom stereocenters. The van der Waals surface area contributed by atoms with Gasteiger partial charge in [-0.1, -0.05) is 31.2 Å². The van der Waals surface area contributed by atoms with Crippen molar-refractivity contribution in [3.63, 3.8) is 0 Å². The van der Waals surface area contributed by atoms with Crippen LogP contribution >= 0.6 is 11.6 Å². The van der Waals surface area contributed by atoms with E-state index in [0.717, 1.165) is 41.6 Å². The van der Waals surface area contributed by atoms with Gasteiger partial charge in [0.05, 0.1) is 20.3 Å². The summed E-state index contributed by atoms with van der Waals surface area (Å²) in [6.07, 6.45) is 3.74. The third-order valence-corrected chi connectivity index (χ3v) is 9.91. The van der Waals surface area contributed by atoms with Gasteiger partial charge in [0, 0.05) is 54.0 Å². The van der Waals surface area contributed by atoms with E-state index in [1.54, 1.807) is 39.2 Å². The van der Waals surface area contributed by atoms with E-state index in [0.29, 0.717) is 35.6 Å². The van der Waals surface area contributed by atoms with Crippen LogP contribution in [0.1, 0.15) is 85.0 Å². The van der Waals surface area contributed by atoms with Crippen molar-refractivity contribution in [1.29, 1.82) is 0 Å². The van der Waals surface area contributed by atoms with Gasteiger partial charge in [0.25, 0.3) is 5.91 Å². The summed E-state index contributed by atoms with van der Waals surface area (Å²) < 4.78 is 16.5. The average molecular weight is 732 g/mol. The predicted octanol–water partition coefficient (Wildman–Crippen LogP) is 6.30. The second-order valence-electron chi connectivity index (χ2n) is 13.5. The minimum atomic E-state index is -0.761. The van der Waals surface area contributed by atoms with E-state index >= 15 is 0 Å². The summed E-state index contributed by atoms with van der Waals surface area (Å²) in [5.41, 5.74) is 5.70. The first-order valence-electron chi connectivity index (χ1n) is 17.6. The number of amides is 3. The number of benzene rings is 3. The zero-order chi connectivity index (χ0) is 37.4. The number of ether oxygens (including phenoxy) is 3. The van der Waals surface area contributed by atoms with Crippen LogP contribution < -0.4 is 25.0 Å². The molecule has 0 aliphatic carbocycles. The molecule has 0 saturated heterocycles. The van der Waals surface area contributed by atoms with Crippen LogP contribution in [0.15, 0.2) is 54.6 Å². The smallest absolute Gasteiger partial charge is 0.305 e. The summed E-state index contributed by atoms with van der Waals surface area (Å²) in [7, 11) is 2.86. The molecule has 3 amide bonds. The number of methoxy groups -OCH3 is 2. The highest BCUT2D eigenvalue weighted by atomic mass is 35.5. The first-order chi connectivity index (χ1) is 25.0. The van der Waals surface area contributed by atoms with Gasteiger partial charge in [0.15, 0.2) is 17.3 Å². The molecule has 0 bridgehead atoms. The zero-order valence-electron chi connectivity index (χ0n) is 30.1. The second-order valence-corrected chi connectivity index (χ2v) is 13.7. The molecule has 0 aromatic heterocycles. The minimum absolute atomic E-state index is 0.0401. The number of Topliss-reactive ketones (excluding diaryl/α,β-unsaturated/α-hetero) is 1. The highest BCUT2D eigenvalue weighted by molar-refractivity contribution is 6.17. The Kier molecular flexibility index (Phi) is 12.9. The van der Waals surface area contributed by atoms with E-state index in [9.17, 15) is 24.0 Å². The lowest BCUT2D eigenvalue weighted by molar-refractivity contribution is -0.140. The SMILES string of the molecule is COC(=O)CCCCC(=O)N[C@@H](C)C(=O)C[C@@H](C)C(=O)Nc1cc(CCl)cc(COc2cc3c(cc2OC)C(=O)N2c4ccccc4C[C@H]2CC3)c1. The molecular weight excluding hydrogens is 686 g/mol. The largest absolute Gasteiger partial charge is 0.493 e. The molecule has 52 heavy (non-hydrogen) atoms. The van der Waals surface area contributed by atoms with Crippen LogP contribution in [0.25, 0.3) is 0 Å². The number of nitrogens with one attached hydrogen (secondary N) is 2. The molecule has 3 aromatic rings. The van der Waals surface area contributed by atoms with Crippen LogP contribution in [0.4, 0.5) is 11.4 Å². The number of alkyl halides is 1. The Morgan fingerprint density at radius 2 is 1.69 bits per heavy atom. The number of para-hydroxylation sites is 1. The standard InChI is InChI=1S/C40H46ClN3O8/c1-24(15-34(45)25(2)42-37(46)11-7-8-12-38(47)51-4)39(48)43-30-17-26(22-41)16-27(18-30)23-52-36-20-28-13-14-31-19-29-9-5-6-10-33(29)44(31)40(49)32(28)21-35(36)50-3/h5-6,9-10,16-18,20-21,24-25,31H,7-8,11-15,19,22-23H2,1-4H3,(H,42,46)(H,43,48)/t24-,25+,31-/m1/s1. The highest BCUT2D eigenvalue weighted by Crippen LogP contribution is 2.40. The number of anilines is 2. The van der Waals surface area contributed by atoms with Crippen molar-refractivity contribution in [2.75, 3.05) is 24.4 Å². The number of hydrogen-bond acceptors (Lipinski definition) is 8. The summed E-state index contributed by atoms with van der Waals surface area (Å²) >= 11 is 6.21. The first kappa shape index (κ1) is 38.3. The number of fused-ring (bicyclic) bond motifs is 4. The fourth-order valence-electron chi connectivity index (χ4n) is 6.74. The van der Waals surface area contributed by atoms with Gasteiger partial charge in [-0.3, -0.25) is 24.0 Å². The average Bonchev–Trinajstić information content (AvgIpc) is 3.46. The lowest BCUT2D eigenvalue weighted by atomic mass is 9.99. The molecule has 2 aliphatic rings. The zero-order valence-corrected chi connectivity index (χ0v) is 30.8. The number of rotatable bonds is 16. The Labute approximate surface area is 309 Å². The predicted molar refractivity (Wildman–Crippen MR) is 198 cm³/mol. The van der Waals surface area contributed by atoms with E-state index in [-0.39, 0.29) is 67.3 Å². The van der Waals surface area contributed by atoms with Crippen LogP contribution in [0.2, 0.25) is 0 Å². The fourth-order valence-corrected chi connectivity index (χ4v) is 6.90. The Balaban J connectivity index is 1.19. The van der Waals surface area contributed by atoms with Gasteiger partial charge in [-0.05, 0) is 91.6 Å². The maximum absolute atomic E-state index is 13.8. The molecule has 2 heterocycles. The molecule has 11 nitrogen and oxygen atoms in total. The lowest BCUT2D eigenvalue weighted by Gasteiger charge is -2.23. The quantitative estimate of drug-likeness (QED) is 0.0994. The number of ketones is 1. The van der Waals surface area contributed by atoms with E-state index in [2.05, 4.69) is 21.4 Å². The lowest BCUT2D eigenvalue weighted by Crippen LogP contribution is -2.39. The van der Waals surface area contributed by atoms with Crippen molar-refractivity contribution >= 4 is 52.4 Å². The fraction of sp³-hybridized carbons (Fsp3) is 0.425. The molecule has 0 fully saturated rings. The summed E-state index contributed by atoms with van der Waals surface area (Å²) in [5.74, 6) is -0.790. The number of nitrogens with zero attached hydrogens (tertiary/aromatic N) is 1. The van der Waals surface area contributed by atoms with Gasteiger partial charge < -0.3 is 29.7 Å². The number of carbonyl (C=O) groups excluding carboxylic acids is 5. The number of carbonyl (C=O) groups is 5. The molecular formula is C40H46ClN3O8. The molecule has 0 radical (unpaired) electrons. The third kappa shape index (κ3) is 9.30.